The van der Waals surface area contributed by atoms with Crippen LogP contribution in [-0.2, 0) is 0 Å². The fourth-order valence-electron chi connectivity index (χ4n) is 2.34. The Kier molecular flexibility index (Phi) is 3.03. The van der Waals surface area contributed by atoms with Gasteiger partial charge in [-0.25, -0.2) is 4.39 Å². The van der Waals surface area contributed by atoms with E-state index in [4.69, 9.17) is 5.11 Å². The molecule has 15 heavy (non-hydrogen) atoms. The van der Waals surface area contributed by atoms with E-state index >= 15 is 0 Å². The van der Waals surface area contributed by atoms with E-state index < -0.39 is 0 Å². The van der Waals surface area contributed by atoms with Crippen molar-refractivity contribution in [3.05, 3.63) is 35.6 Å². The minimum atomic E-state index is -0.187. The van der Waals surface area contributed by atoms with Gasteiger partial charge in [0.05, 0.1) is 0 Å². The van der Waals surface area contributed by atoms with Crippen LogP contribution in [-0.4, -0.2) is 30.2 Å². The van der Waals surface area contributed by atoms with Gasteiger partial charge in [0.15, 0.2) is 0 Å². The van der Waals surface area contributed by atoms with Gasteiger partial charge >= 0.3 is 0 Å². The molecule has 0 bridgehead atoms. The lowest BCUT2D eigenvalue weighted by atomic mass is 10.0. The molecular weight excluding hydrogens is 193 g/mol. The summed E-state index contributed by atoms with van der Waals surface area (Å²) >= 11 is 0. The highest BCUT2D eigenvalue weighted by Gasteiger charge is 2.29. The average Bonchev–Trinajstić information content (AvgIpc) is 2.60. The van der Waals surface area contributed by atoms with Gasteiger partial charge in [-0.15, -0.1) is 0 Å². The Labute approximate surface area is 89.3 Å². The first-order valence-electron chi connectivity index (χ1n) is 5.27. The number of rotatable bonds is 2. The predicted octanol–water partition coefficient (Wildman–Crippen LogP) is 1.81. The number of likely N-dealkylation sites (tertiary alicyclic amines) is 1. The van der Waals surface area contributed by atoms with Crippen molar-refractivity contribution in [2.45, 2.75) is 12.5 Å². The van der Waals surface area contributed by atoms with Crippen molar-refractivity contribution in [1.82, 2.24) is 4.90 Å². The molecule has 1 aromatic carbocycles. The van der Waals surface area contributed by atoms with E-state index in [-0.39, 0.29) is 18.5 Å². The summed E-state index contributed by atoms with van der Waals surface area (Å²) < 4.78 is 13.1. The zero-order valence-electron chi connectivity index (χ0n) is 8.86. The van der Waals surface area contributed by atoms with Crippen LogP contribution < -0.4 is 0 Å². The van der Waals surface area contributed by atoms with Crippen molar-refractivity contribution in [3.63, 3.8) is 0 Å². The molecule has 1 aliphatic rings. The zero-order valence-corrected chi connectivity index (χ0v) is 8.86. The van der Waals surface area contributed by atoms with E-state index in [1.54, 1.807) is 12.1 Å². The molecule has 0 spiro atoms. The number of aliphatic hydroxyl groups is 1. The lowest BCUT2D eigenvalue weighted by molar-refractivity contribution is 0.227. The molecule has 1 N–H and O–H groups in total. The van der Waals surface area contributed by atoms with Crippen LogP contribution in [0.25, 0.3) is 0 Å². The van der Waals surface area contributed by atoms with E-state index in [1.807, 2.05) is 13.1 Å². The second-order valence-corrected chi connectivity index (χ2v) is 4.29. The van der Waals surface area contributed by atoms with Gasteiger partial charge < -0.3 is 5.11 Å². The van der Waals surface area contributed by atoms with Gasteiger partial charge in [-0.2, -0.15) is 0 Å². The molecule has 1 saturated heterocycles. The van der Waals surface area contributed by atoms with Crippen molar-refractivity contribution in [2.24, 2.45) is 5.92 Å². The van der Waals surface area contributed by atoms with Crippen molar-refractivity contribution >= 4 is 0 Å². The lowest BCUT2D eigenvalue weighted by Crippen LogP contribution is -2.19. The normalized spacial score (nSPS) is 27.1. The summed E-state index contributed by atoms with van der Waals surface area (Å²) in [7, 11) is 2.02. The molecule has 2 nitrogen and oxygen atoms in total. The minimum absolute atomic E-state index is 0.187. The summed E-state index contributed by atoms with van der Waals surface area (Å²) in [5.41, 5.74) is 1.01. The monoisotopic (exact) mass is 209 g/mol. The molecule has 82 valence electrons. The number of benzene rings is 1. The molecule has 0 amide bonds. The van der Waals surface area contributed by atoms with Crippen LogP contribution >= 0.6 is 0 Å². The topological polar surface area (TPSA) is 23.5 Å². The van der Waals surface area contributed by atoms with E-state index in [0.29, 0.717) is 5.92 Å². The molecule has 1 aromatic rings. The van der Waals surface area contributed by atoms with Gasteiger partial charge in [-0.1, -0.05) is 12.1 Å². The molecule has 3 heteroatoms. The fourth-order valence-corrected chi connectivity index (χ4v) is 2.34. The summed E-state index contributed by atoms with van der Waals surface area (Å²) in [6.07, 6.45) is 0.913. The first kappa shape index (κ1) is 10.6. The Morgan fingerprint density at radius 2 is 2.33 bits per heavy atom. The van der Waals surface area contributed by atoms with Gasteiger partial charge in [0.1, 0.15) is 5.82 Å². The molecule has 1 aliphatic heterocycles. The van der Waals surface area contributed by atoms with Gasteiger partial charge in [-0.05, 0) is 37.1 Å². The number of aliphatic hydroxyl groups excluding tert-OH is 1. The first-order chi connectivity index (χ1) is 7.20. The first-order valence-corrected chi connectivity index (χ1v) is 5.27. The summed E-state index contributed by atoms with van der Waals surface area (Å²) in [6, 6.07) is 6.98. The quantitative estimate of drug-likeness (QED) is 0.803. The lowest BCUT2D eigenvalue weighted by Gasteiger charge is -2.19. The van der Waals surface area contributed by atoms with Crippen LogP contribution in [0.2, 0.25) is 0 Å². The van der Waals surface area contributed by atoms with Crippen molar-refractivity contribution in [3.8, 4) is 0 Å². The minimum Gasteiger partial charge on any atom is -0.396 e. The largest absolute Gasteiger partial charge is 0.396 e. The van der Waals surface area contributed by atoms with Gasteiger partial charge in [0.25, 0.3) is 0 Å². The fraction of sp³-hybridized carbons (Fsp3) is 0.500. The van der Waals surface area contributed by atoms with E-state index in [2.05, 4.69) is 4.90 Å². The second-order valence-electron chi connectivity index (χ2n) is 4.29. The molecule has 0 radical (unpaired) electrons. The Morgan fingerprint density at radius 3 is 2.93 bits per heavy atom. The third kappa shape index (κ3) is 2.19. The van der Waals surface area contributed by atoms with Crippen LogP contribution in [0.3, 0.4) is 0 Å². The van der Waals surface area contributed by atoms with Crippen LogP contribution in [0.5, 0.6) is 0 Å². The summed E-state index contributed by atoms with van der Waals surface area (Å²) in [5.74, 6) is 0.136. The Hall–Kier alpha value is -0.930. The highest BCUT2D eigenvalue weighted by molar-refractivity contribution is 5.21. The molecule has 2 unspecified atom stereocenters. The number of nitrogens with zero attached hydrogens (tertiary/aromatic N) is 1. The number of hydrogen-bond donors (Lipinski definition) is 1. The summed E-state index contributed by atoms with van der Waals surface area (Å²) in [6.45, 7) is 1.10. The molecular formula is C12H16FNO. The molecule has 1 heterocycles. The van der Waals surface area contributed by atoms with Crippen molar-refractivity contribution < 1.29 is 9.50 Å². The smallest absolute Gasteiger partial charge is 0.123 e. The zero-order chi connectivity index (χ0) is 10.8. The second kappa shape index (κ2) is 4.29. The van der Waals surface area contributed by atoms with Crippen LogP contribution in [0.15, 0.2) is 24.3 Å². The highest BCUT2D eigenvalue weighted by atomic mass is 19.1. The predicted molar refractivity (Wildman–Crippen MR) is 57.0 cm³/mol. The van der Waals surface area contributed by atoms with Crippen LogP contribution in [0.4, 0.5) is 4.39 Å². The Morgan fingerprint density at radius 1 is 1.53 bits per heavy atom. The van der Waals surface area contributed by atoms with Gasteiger partial charge in [0.2, 0.25) is 0 Å². The standard InChI is InChI=1S/C12H16FNO/c1-14-7-9(8-15)5-12(14)10-3-2-4-11(13)6-10/h2-4,6,9,12,15H,5,7-8H2,1H3. The molecule has 2 rings (SSSR count). The molecule has 0 aromatic heterocycles. The third-order valence-corrected chi connectivity index (χ3v) is 3.13. The summed E-state index contributed by atoms with van der Waals surface area (Å²) in [4.78, 5) is 2.18. The van der Waals surface area contributed by atoms with E-state index in [0.717, 1.165) is 18.5 Å². The maximum Gasteiger partial charge on any atom is 0.123 e. The van der Waals surface area contributed by atoms with Gasteiger partial charge in [-0.3, -0.25) is 4.90 Å². The molecule has 2 atom stereocenters. The van der Waals surface area contributed by atoms with E-state index in [1.165, 1.54) is 6.07 Å². The summed E-state index contributed by atoms with van der Waals surface area (Å²) in [5, 5.41) is 9.10. The van der Waals surface area contributed by atoms with Crippen molar-refractivity contribution in [1.29, 1.82) is 0 Å². The Balaban J connectivity index is 2.17. The van der Waals surface area contributed by atoms with Gasteiger partial charge in [0, 0.05) is 19.2 Å². The average molecular weight is 209 g/mol. The third-order valence-electron chi connectivity index (χ3n) is 3.13. The Bertz CT molecular complexity index is 342. The number of hydrogen-bond acceptors (Lipinski definition) is 2. The molecule has 0 saturated carbocycles. The maximum absolute atomic E-state index is 13.1. The molecule has 1 fully saturated rings. The maximum atomic E-state index is 13.1. The highest BCUT2D eigenvalue weighted by Crippen LogP contribution is 2.33. The van der Waals surface area contributed by atoms with Crippen molar-refractivity contribution in [2.75, 3.05) is 20.2 Å². The van der Waals surface area contributed by atoms with Crippen LogP contribution in [0.1, 0.15) is 18.0 Å². The SMILES string of the molecule is CN1CC(CO)CC1c1cccc(F)c1. The van der Waals surface area contributed by atoms with E-state index in [9.17, 15) is 4.39 Å². The number of halogens is 1. The molecule has 0 aliphatic carbocycles. The van der Waals surface area contributed by atoms with Crippen LogP contribution in [0, 0.1) is 11.7 Å².